The normalized spacial score (nSPS) is 19.3. The summed E-state index contributed by atoms with van der Waals surface area (Å²) < 4.78 is 0. The van der Waals surface area contributed by atoms with Gasteiger partial charge in [-0.15, -0.1) is 0 Å². The van der Waals surface area contributed by atoms with Gasteiger partial charge in [-0.3, -0.25) is 9.80 Å². The van der Waals surface area contributed by atoms with Crippen LogP contribution in [0.4, 0.5) is 0 Å². The first-order chi connectivity index (χ1) is 9.11. The van der Waals surface area contributed by atoms with Gasteiger partial charge in [-0.25, -0.2) is 0 Å². The summed E-state index contributed by atoms with van der Waals surface area (Å²) in [5.41, 5.74) is 0. The summed E-state index contributed by atoms with van der Waals surface area (Å²) in [5, 5.41) is 13.6. The van der Waals surface area contributed by atoms with Gasteiger partial charge in [-0.1, -0.05) is 6.92 Å². The lowest BCUT2D eigenvalue weighted by Gasteiger charge is -2.31. The van der Waals surface area contributed by atoms with Crippen molar-refractivity contribution in [1.29, 1.82) is 0 Å². The van der Waals surface area contributed by atoms with E-state index in [1.54, 1.807) is 0 Å². The van der Waals surface area contributed by atoms with E-state index in [4.69, 9.17) is 0 Å². The number of nitrogens with one attached hydrogen (secondary N) is 1. The molecule has 0 aromatic heterocycles. The van der Waals surface area contributed by atoms with Crippen LogP contribution < -0.4 is 5.32 Å². The van der Waals surface area contributed by atoms with Crippen molar-refractivity contribution in [3.63, 3.8) is 0 Å². The Morgan fingerprint density at radius 2 is 1.84 bits per heavy atom. The molecule has 114 valence electrons. The van der Waals surface area contributed by atoms with E-state index in [-0.39, 0.29) is 6.10 Å². The van der Waals surface area contributed by atoms with Crippen LogP contribution in [0.5, 0.6) is 0 Å². The molecule has 1 unspecified atom stereocenters. The Balaban J connectivity index is 2.26. The van der Waals surface area contributed by atoms with Crippen LogP contribution >= 0.6 is 0 Å². The Kier molecular flexibility index (Phi) is 8.57. The van der Waals surface area contributed by atoms with Crippen LogP contribution in [0.3, 0.4) is 0 Å². The molecule has 1 fully saturated rings. The Labute approximate surface area is 118 Å². The zero-order chi connectivity index (χ0) is 14.1. The highest BCUT2D eigenvalue weighted by Gasteiger charge is 2.16. The summed E-state index contributed by atoms with van der Waals surface area (Å²) in [6.07, 6.45) is 0.917. The second-order valence-electron chi connectivity index (χ2n) is 5.81. The predicted octanol–water partition coefficient (Wildman–Crippen LogP) is -0.474. The number of β-amino-alcohol motifs (C(OH)–C–C–N with tert-alkyl or cyclic N) is 1. The summed E-state index contributed by atoms with van der Waals surface area (Å²) in [5.74, 6) is 0. The molecule has 0 aromatic rings. The van der Waals surface area contributed by atoms with Crippen LogP contribution in [-0.4, -0.2) is 98.9 Å². The molecular weight excluding hydrogens is 240 g/mol. The third-order valence-electron chi connectivity index (χ3n) is 3.55. The number of piperazine rings is 1. The minimum atomic E-state index is -0.230. The number of hydrogen-bond donors (Lipinski definition) is 2. The maximum absolute atomic E-state index is 10.2. The van der Waals surface area contributed by atoms with Crippen LogP contribution in [-0.2, 0) is 0 Å². The molecule has 0 aliphatic carbocycles. The lowest BCUT2D eigenvalue weighted by atomic mass is 10.2. The molecular formula is C14H32N4O. The molecule has 0 saturated carbocycles. The summed E-state index contributed by atoms with van der Waals surface area (Å²) in [6.45, 7) is 11.2. The van der Waals surface area contributed by atoms with Gasteiger partial charge in [-0.2, -0.15) is 0 Å². The molecule has 1 heterocycles. The highest BCUT2D eigenvalue weighted by molar-refractivity contribution is 4.73. The zero-order valence-corrected chi connectivity index (χ0v) is 12.9. The van der Waals surface area contributed by atoms with Crippen molar-refractivity contribution < 1.29 is 5.11 Å². The van der Waals surface area contributed by atoms with Gasteiger partial charge in [-0.05, 0) is 27.1 Å². The fourth-order valence-electron chi connectivity index (χ4n) is 2.50. The predicted molar refractivity (Wildman–Crippen MR) is 80.6 cm³/mol. The van der Waals surface area contributed by atoms with E-state index in [1.165, 1.54) is 0 Å². The Morgan fingerprint density at radius 3 is 2.42 bits per heavy atom. The SMILES string of the molecule is CCCN(CCN(C)C)CC(O)CN1CCNCC1. The fourth-order valence-corrected chi connectivity index (χ4v) is 2.50. The van der Waals surface area contributed by atoms with Gasteiger partial charge in [0.1, 0.15) is 0 Å². The number of aliphatic hydroxyl groups is 1. The fraction of sp³-hybridized carbons (Fsp3) is 1.00. The van der Waals surface area contributed by atoms with Gasteiger partial charge >= 0.3 is 0 Å². The largest absolute Gasteiger partial charge is 0.390 e. The molecule has 1 aliphatic heterocycles. The quantitative estimate of drug-likeness (QED) is 0.594. The van der Waals surface area contributed by atoms with Crippen molar-refractivity contribution in [2.24, 2.45) is 0 Å². The van der Waals surface area contributed by atoms with Gasteiger partial charge in [0, 0.05) is 52.4 Å². The summed E-state index contributed by atoms with van der Waals surface area (Å²) in [4.78, 5) is 6.94. The molecule has 1 saturated heterocycles. The van der Waals surface area contributed by atoms with Crippen LogP contribution in [0, 0.1) is 0 Å². The third kappa shape index (κ3) is 7.84. The highest BCUT2D eigenvalue weighted by atomic mass is 16.3. The van der Waals surface area contributed by atoms with Gasteiger partial charge in [0.25, 0.3) is 0 Å². The van der Waals surface area contributed by atoms with E-state index in [0.717, 1.165) is 65.3 Å². The van der Waals surface area contributed by atoms with Crippen molar-refractivity contribution in [3.8, 4) is 0 Å². The van der Waals surface area contributed by atoms with E-state index in [0.29, 0.717) is 0 Å². The van der Waals surface area contributed by atoms with Crippen molar-refractivity contribution in [1.82, 2.24) is 20.0 Å². The Hall–Kier alpha value is -0.200. The van der Waals surface area contributed by atoms with E-state index in [9.17, 15) is 5.11 Å². The summed E-state index contributed by atoms with van der Waals surface area (Å²) >= 11 is 0. The zero-order valence-electron chi connectivity index (χ0n) is 12.9. The minimum absolute atomic E-state index is 0.230. The molecule has 1 rings (SSSR count). The average molecular weight is 272 g/mol. The van der Waals surface area contributed by atoms with Crippen molar-refractivity contribution in [2.45, 2.75) is 19.4 Å². The third-order valence-corrected chi connectivity index (χ3v) is 3.55. The van der Waals surface area contributed by atoms with Crippen LogP contribution in [0.2, 0.25) is 0 Å². The Morgan fingerprint density at radius 1 is 1.16 bits per heavy atom. The maximum atomic E-state index is 10.2. The van der Waals surface area contributed by atoms with Crippen molar-refractivity contribution in [2.75, 3.05) is 73.0 Å². The van der Waals surface area contributed by atoms with Gasteiger partial charge < -0.3 is 15.3 Å². The molecule has 1 aliphatic rings. The van der Waals surface area contributed by atoms with E-state index in [1.807, 2.05) is 0 Å². The lowest BCUT2D eigenvalue weighted by Crippen LogP contribution is -2.48. The second kappa shape index (κ2) is 9.66. The summed E-state index contributed by atoms with van der Waals surface area (Å²) in [7, 11) is 4.20. The standard InChI is InChI=1S/C14H32N4O/c1-4-7-17(11-10-16(2)3)12-14(19)13-18-8-5-15-6-9-18/h14-15,19H,4-13H2,1-3H3. The van der Waals surface area contributed by atoms with Crippen LogP contribution in [0.15, 0.2) is 0 Å². The number of nitrogens with zero attached hydrogens (tertiary/aromatic N) is 3. The molecule has 0 spiro atoms. The number of hydrogen-bond acceptors (Lipinski definition) is 5. The minimum Gasteiger partial charge on any atom is -0.390 e. The molecule has 0 radical (unpaired) electrons. The number of rotatable bonds is 9. The van der Waals surface area contributed by atoms with E-state index < -0.39 is 0 Å². The molecule has 5 heteroatoms. The Bertz CT molecular complexity index is 219. The van der Waals surface area contributed by atoms with Crippen LogP contribution in [0.1, 0.15) is 13.3 Å². The lowest BCUT2D eigenvalue weighted by molar-refractivity contribution is 0.0672. The first-order valence-corrected chi connectivity index (χ1v) is 7.60. The molecule has 0 bridgehead atoms. The smallest absolute Gasteiger partial charge is 0.0793 e. The van der Waals surface area contributed by atoms with Gasteiger partial charge in [0.2, 0.25) is 0 Å². The molecule has 1 atom stereocenters. The first-order valence-electron chi connectivity index (χ1n) is 7.60. The molecule has 0 amide bonds. The first kappa shape index (κ1) is 16.9. The van der Waals surface area contributed by atoms with Crippen molar-refractivity contribution in [3.05, 3.63) is 0 Å². The maximum Gasteiger partial charge on any atom is 0.0793 e. The molecule has 2 N–H and O–H groups in total. The van der Waals surface area contributed by atoms with E-state index >= 15 is 0 Å². The van der Waals surface area contributed by atoms with Gasteiger partial charge in [0.15, 0.2) is 0 Å². The topological polar surface area (TPSA) is 42.0 Å². The number of likely N-dealkylation sites (N-methyl/N-ethyl adjacent to an activating group) is 1. The summed E-state index contributed by atoms with van der Waals surface area (Å²) in [6, 6.07) is 0. The molecule has 19 heavy (non-hydrogen) atoms. The van der Waals surface area contributed by atoms with E-state index in [2.05, 4.69) is 41.0 Å². The highest BCUT2D eigenvalue weighted by Crippen LogP contribution is 2.00. The molecule has 5 nitrogen and oxygen atoms in total. The van der Waals surface area contributed by atoms with Crippen LogP contribution in [0.25, 0.3) is 0 Å². The second-order valence-corrected chi connectivity index (χ2v) is 5.81. The van der Waals surface area contributed by atoms with Crippen molar-refractivity contribution >= 4 is 0 Å². The number of aliphatic hydroxyl groups excluding tert-OH is 1. The average Bonchev–Trinajstić information content (AvgIpc) is 2.37. The molecule has 0 aromatic carbocycles. The monoisotopic (exact) mass is 272 g/mol. The van der Waals surface area contributed by atoms with Gasteiger partial charge in [0.05, 0.1) is 6.10 Å².